The lowest BCUT2D eigenvalue weighted by atomic mass is 9.85. The standard InChI is InChI=1S/C18H26N8O/c1-11-3-7-25(18(4-5-19)9-27-10-18)8-13(11)26-15(14(20)17(22)24-26)12-2-6-23-16(12)21/h2,6,11,13,23H,3-4,7-10,20-21H2,1H3,(H2,22,24). The Labute approximate surface area is 158 Å². The van der Waals surface area contributed by atoms with Crippen LogP contribution in [0.3, 0.4) is 0 Å². The average molecular weight is 370 g/mol. The molecule has 9 heteroatoms. The first kappa shape index (κ1) is 17.7. The van der Waals surface area contributed by atoms with Gasteiger partial charge < -0.3 is 26.9 Å². The molecule has 0 aromatic carbocycles. The first-order valence-corrected chi connectivity index (χ1v) is 9.23. The van der Waals surface area contributed by atoms with Gasteiger partial charge in [0.1, 0.15) is 11.5 Å². The molecule has 0 saturated carbocycles. The van der Waals surface area contributed by atoms with Gasteiger partial charge in [-0.15, -0.1) is 0 Å². The predicted molar refractivity (Wildman–Crippen MR) is 103 cm³/mol. The summed E-state index contributed by atoms with van der Waals surface area (Å²) in [5.41, 5.74) is 20.2. The molecule has 2 aliphatic rings. The van der Waals surface area contributed by atoms with Gasteiger partial charge in [0.05, 0.1) is 43.0 Å². The molecule has 4 heterocycles. The van der Waals surface area contributed by atoms with Crippen molar-refractivity contribution in [1.29, 1.82) is 5.26 Å². The molecule has 2 unspecified atom stereocenters. The molecule has 0 bridgehead atoms. The van der Waals surface area contributed by atoms with Gasteiger partial charge in [-0.3, -0.25) is 9.58 Å². The number of H-pyrrole nitrogens is 1. The largest absolute Gasteiger partial charge is 0.394 e. The normalized spacial score (nSPS) is 25.0. The third kappa shape index (κ3) is 2.72. The van der Waals surface area contributed by atoms with Crippen molar-refractivity contribution in [2.75, 3.05) is 43.5 Å². The topological polar surface area (TPSA) is 148 Å². The molecule has 2 aromatic rings. The first-order chi connectivity index (χ1) is 13.0. The zero-order chi connectivity index (χ0) is 19.2. The summed E-state index contributed by atoms with van der Waals surface area (Å²) in [6.45, 7) is 5.13. The predicted octanol–water partition coefficient (Wildman–Crippen LogP) is 1.19. The van der Waals surface area contributed by atoms with Crippen molar-refractivity contribution < 1.29 is 4.74 Å². The van der Waals surface area contributed by atoms with Crippen LogP contribution in [-0.2, 0) is 4.74 Å². The fourth-order valence-electron chi connectivity index (χ4n) is 4.24. The van der Waals surface area contributed by atoms with Gasteiger partial charge in [-0.05, 0) is 24.9 Å². The van der Waals surface area contributed by atoms with Gasteiger partial charge in [-0.25, -0.2) is 0 Å². The van der Waals surface area contributed by atoms with Crippen molar-refractivity contribution in [2.24, 2.45) is 5.92 Å². The molecule has 2 aromatic heterocycles. The minimum atomic E-state index is -0.190. The van der Waals surface area contributed by atoms with E-state index in [9.17, 15) is 5.26 Å². The van der Waals surface area contributed by atoms with Crippen LogP contribution in [0.4, 0.5) is 17.3 Å². The molecule has 2 fully saturated rings. The second kappa shape index (κ2) is 6.48. The summed E-state index contributed by atoms with van der Waals surface area (Å²) < 4.78 is 7.39. The van der Waals surface area contributed by atoms with Gasteiger partial charge in [-0.1, -0.05) is 6.92 Å². The van der Waals surface area contributed by atoms with Crippen molar-refractivity contribution in [2.45, 2.75) is 31.3 Å². The Morgan fingerprint density at radius 3 is 2.78 bits per heavy atom. The monoisotopic (exact) mass is 370 g/mol. The number of hydrogen-bond acceptors (Lipinski definition) is 7. The quantitative estimate of drug-likeness (QED) is 0.631. The maximum absolute atomic E-state index is 9.27. The van der Waals surface area contributed by atoms with Crippen LogP contribution >= 0.6 is 0 Å². The summed E-state index contributed by atoms with van der Waals surface area (Å²) in [7, 11) is 0. The SMILES string of the molecule is CC1CCN(C2(CC#N)COC2)CC1n1nc(N)c(N)c1-c1cc[nH]c1N. The van der Waals surface area contributed by atoms with Crippen molar-refractivity contribution in [3.63, 3.8) is 0 Å². The molecule has 2 aliphatic heterocycles. The van der Waals surface area contributed by atoms with Crippen molar-refractivity contribution in [3.05, 3.63) is 12.3 Å². The number of nitriles is 1. The number of piperidine rings is 1. The lowest BCUT2D eigenvalue weighted by Crippen LogP contribution is -2.64. The van der Waals surface area contributed by atoms with Crippen LogP contribution in [0, 0.1) is 17.2 Å². The van der Waals surface area contributed by atoms with Gasteiger partial charge in [0.15, 0.2) is 5.82 Å². The molecule has 0 amide bonds. The summed E-state index contributed by atoms with van der Waals surface area (Å²) in [4.78, 5) is 5.37. The van der Waals surface area contributed by atoms with E-state index in [1.54, 1.807) is 6.20 Å². The summed E-state index contributed by atoms with van der Waals surface area (Å²) in [5, 5.41) is 13.8. The van der Waals surface area contributed by atoms with Crippen LogP contribution in [-0.4, -0.2) is 51.5 Å². The number of nitrogens with two attached hydrogens (primary N) is 3. The maximum Gasteiger partial charge on any atom is 0.169 e. The highest BCUT2D eigenvalue weighted by atomic mass is 16.5. The fourth-order valence-corrected chi connectivity index (χ4v) is 4.24. The first-order valence-electron chi connectivity index (χ1n) is 9.23. The number of aromatic amines is 1. The van der Waals surface area contributed by atoms with Gasteiger partial charge in [0.25, 0.3) is 0 Å². The van der Waals surface area contributed by atoms with E-state index in [2.05, 4.69) is 28.0 Å². The van der Waals surface area contributed by atoms with Gasteiger partial charge >= 0.3 is 0 Å². The lowest BCUT2D eigenvalue weighted by Gasteiger charge is -2.52. The average Bonchev–Trinajstić information content (AvgIpc) is 3.15. The van der Waals surface area contributed by atoms with E-state index in [0.29, 0.717) is 42.9 Å². The highest BCUT2D eigenvalue weighted by Crippen LogP contribution is 2.41. The highest BCUT2D eigenvalue weighted by Gasteiger charge is 2.47. The number of rotatable bonds is 4. The second-order valence-electron chi connectivity index (χ2n) is 7.73. The summed E-state index contributed by atoms with van der Waals surface area (Å²) in [5.74, 6) is 1.24. The van der Waals surface area contributed by atoms with E-state index in [0.717, 1.165) is 30.8 Å². The number of hydrogen-bond donors (Lipinski definition) is 4. The molecule has 27 heavy (non-hydrogen) atoms. The Morgan fingerprint density at radius 2 is 2.19 bits per heavy atom. The molecular formula is C18H26N8O. The number of ether oxygens (including phenoxy) is 1. The fraction of sp³-hybridized carbons (Fsp3) is 0.556. The smallest absolute Gasteiger partial charge is 0.169 e. The van der Waals surface area contributed by atoms with Gasteiger partial charge in [0.2, 0.25) is 0 Å². The van der Waals surface area contributed by atoms with Gasteiger partial charge in [-0.2, -0.15) is 10.4 Å². The van der Waals surface area contributed by atoms with Crippen LogP contribution in [0.15, 0.2) is 12.3 Å². The van der Waals surface area contributed by atoms with Crippen LogP contribution in [0.25, 0.3) is 11.3 Å². The Hall–Kier alpha value is -2.70. The number of likely N-dealkylation sites (tertiary alicyclic amines) is 1. The van der Waals surface area contributed by atoms with E-state index < -0.39 is 0 Å². The maximum atomic E-state index is 9.27. The zero-order valence-corrected chi connectivity index (χ0v) is 15.5. The molecule has 0 radical (unpaired) electrons. The molecular weight excluding hydrogens is 344 g/mol. The van der Waals surface area contributed by atoms with Crippen LogP contribution < -0.4 is 17.2 Å². The third-order valence-electron chi connectivity index (χ3n) is 6.06. The Morgan fingerprint density at radius 1 is 1.41 bits per heavy atom. The minimum absolute atomic E-state index is 0.0822. The molecule has 2 atom stereocenters. The Balaban J connectivity index is 1.71. The molecule has 4 rings (SSSR count). The number of anilines is 3. The number of aromatic nitrogens is 3. The third-order valence-corrected chi connectivity index (χ3v) is 6.06. The Bertz CT molecular complexity index is 875. The van der Waals surface area contributed by atoms with E-state index in [1.165, 1.54) is 0 Å². The van der Waals surface area contributed by atoms with Crippen molar-refractivity contribution >= 4 is 17.3 Å². The van der Waals surface area contributed by atoms with E-state index >= 15 is 0 Å². The molecule has 9 nitrogen and oxygen atoms in total. The minimum Gasteiger partial charge on any atom is -0.394 e. The summed E-state index contributed by atoms with van der Waals surface area (Å²) in [6.07, 6.45) is 3.25. The van der Waals surface area contributed by atoms with Gasteiger partial charge in [0, 0.05) is 18.3 Å². The zero-order valence-electron chi connectivity index (χ0n) is 15.5. The van der Waals surface area contributed by atoms with E-state index in [4.69, 9.17) is 21.9 Å². The highest BCUT2D eigenvalue weighted by molar-refractivity contribution is 5.85. The van der Waals surface area contributed by atoms with Crippen LogP contribution in [0.2, 0.25) is 0 Å². The van der Waals surface area contributed by atoms with Crippen molar-refractivity contribution in [1.82, 2.24) is 19.7 Å². The van der Waals surface area contributed by atoms with E-state index in [-0.39, 0.29) is 11.6 Å². The van der Waals surface area contributed by atoms with Crippen LogP contribution in [0.5, 0.6) is 0 Å². The molecule has 0 aliphatic carbocycles. The molecule has 7 N–H and O–H groups in total. The summed E-state index contributed by atoms with van der Waals surface area (Å²) in [6, 6.07) is 4.30. The van der Waals surface area contributed by atoms with Crippen LogP contribution in [0.1, 0.15) is 25.8 Å². The lowest BCUT2D eigenvalue weighted by molar-refractivity contribution is -0.150. The molecule has 2 saturated heterocycles. The second-order valence-corrected chi connectivity index (χ2v) is 7.73. The number of nitrogen functional groups attached to an aromatic ring is 3. The molecule has 0 spiro atoms. The Kier molecular flexibility index (Phi) is 4.25. The summed E-state index contributed by atoms with van der Waals surface area (Å²) >= 11 is 0. The number of nitrogens with one attached hydrogen (secondary N) is 1. The number of nitrogens with zero attached hydrogens (tertiary/aromatic N) is 4. The van der Waals surface area contributed by atoms with E-state index in [1.807, 2.05) is 10.7 Å². The van der Waals surface area contributed by atoms with Crippen molar-refractivity contribution in [3.8, 4) is 17.3 Å². The molecule has 144 valence electrons.